The minimum atomic E-state index is -1.83. The molecule has 0 bridgehead atoms. The highest BCUT2D eigenvalue weighted by Gasteiger charge is 2.52. The van der Waals surface area contributed by atoms with Gasteiger partial charge in [-0.05, 0) is 32.1 Å². The Morgan fingerprint density at radius 3 is 2.19 bits per heavy atom. The number of nitrogens with one attached hydrogen (secondary N) is 4. The summed E-state index contributed by atoms with van der Waals surface area (Å²) in [6, 6.07) is -6.65. The summed E-state index contributed by atoms with van der Waals surface area (Å²) >= 11 is 0. The highest BCUT2D eigenvalue weighted by Crippen LogP contribution is 2.28. The van der Waals surface area contributed by atoms with E-state index in [1.54, 1.807) is 20.8 Å². The predicted octanol–water partition coefficient (Wildman–Crippen LogP) is -5.05. The molecule has 15 N–H and O–H groups in total. The third kappa shape index (κ3) is 8.85. The summed E-state index contributed by atoms with van der Waals surface area (Å²) in [5.41, 5.74) is 17.7. The van der Waals surface area contributed by atoms with Crippen molar-refractivity contribution in [2.45, 2.75) is 119 Å². The summed E-state index contributed by atoms with van der Waals surface area (Å²) < 4.78 is 11.3. The molecule has 1 aliphatic carbocycles. The molecule has 1 saturated heterocycles. The van der Waals surface area contributed by atoms with E-state index in [9.17, 15) is 39.9 Å². The van der Waals surface area contributed by atoms with E-state index in [1.807, 2.05) is 0 Å². The van der Waals surface area contributed by atoms with Gasteiger partial charge in [0.1, 0.15) is 42.6 Å². The smallest absolute Gasteiger partial charge is 0.326 e. The van der Waals surface area contributed by atoms with Crippen LogP contribution in [0.25, 0.3) is 0 Å². The molecule has 2 heterocycles. The van der Waals surface area contributed by atoms with Gasteiger partial charge >= 0.3 is 12.0 Å². The van der Waals surface area contributed by atoms with Gasteiger partial charge in [-0.15, -0.1) is 0 Å². The Hall–Kier alpha value is -2.84. The topological polar surface area (TPSA) is 309 Å². The van der Waals surface area contributed by atoms with Crippen LogP contribution in [0.2, 0.25) is 0 Å². The minimum Gasteiger partial charge on any atom is -0.480 e. The van der Waals surface area contributed by atoms with E-state index in [4.69, 9.17) is 26.7 Å². The minimum absolute atomic E-state index is 0.0513. The van der Waals surface area contributed by atoms with Gasteiger partial charge in [0, 0.05) is 6.04 Å². The molecule has 3 rings (SSSR count). The van der Waals surface area contributed by atoms with Crippen molar-refractivity contribution >= 4 is 23.9 Å². The Bertz CT molecular complexity index is 1000. The summed E-state index contributed by atoms with van der Waals surface area (Å²) in [5.74, 6) is -2.08. The van der Waals surface area contributed by atoms with Crippen LogP contribution in [0.3, 0.4) is 0 Å². The molecule has 18 heteroatoms. The van der Waals surface area contributed by atoms with Crippen molar-refractivity contribution in [1.82, 2.24) is 21.3 Å². The number of aliphatic imine (C=N–C) groups is 1. The standard InChI is InChI=1S/C25H46N8O10/c1-8(2)4-14(22(39)40)32-25(41)31-13(5-10-7-29-24(28)30-10)21(38)33-15-16(34)18(36)20(19(37)17(15)35)43-23-12(27)6-11(26)9(3)42-23/h8-20,23,34-37H,4-7,26-27H2,1-3H3,(H,33,38)(H,39,40)(H3,28,29,30)(H2,31,32,41)/t9-,10+,11+,12-,13-,14-,15?,16-,17+,18-,19+,20?,23-/m0/s1. The second-order valence-electron chi connectivity index (χ2n) is 11.9. The van der Waals surface area contributed by atoms with Crippen molar-refractivity contribution in [3.8, 4) is 0 Å². The summed E-state index contributed by atoms with van der Waals surface area (Å²) in [4.78, 5) is 41.8. The molecule has 3 amide bonds. The Morgan fingerprint density at radius 1 is 1.05 bits per heavy atom. The van der Waals surface area contributed by atoms with Crippen LogP contribution < -0.4 is 38.5 Å². The second kappa shape index (κ2) is 14.8. The molecule has 43 heavy (non-hydrogen) atoms. The number of nitrogens with two attached hydrogens (primary N) is 3. The van der Waals surface area contributed by atoms with Crippen LogP contribution in [-0.4, -0.2) is 135 Å². The van der Waals surface area contributed by atoms with Gasteiger partial charge in [-0.25, -0.2) is 9.59 Å². The SMILES string of the molecule is CC(C)C[C@H](NC(=O)N[C@@H](C[C@@H]1CN=C(N)N1)C(=O)NC1[C@@H](O)[C@@H](O)C(O[C@@H]2O[C@@H](C)[C@H](N)C[C@@H]2N)[C@@H](O)[C@H]1O)C(=O)O. The van der Waals surface area contributed by atoms with Crippen LogP contribution in [0.15, 0.2) is 4.99 Å². The van der Waals surface area contributed by atoms with Gasteiger partial charge in [-0.3, -0.25) is 9.79 Å². The largest absolute Gasteiger partial charge is 0.480 e. The summed E-state index contributed by atoms with van der Waals surface area (Å²) in [7, 11) is 0. The Morgan fingerprint density at radius 2 is 1.65 bits per heavy atom. The fourth-order valence-electron chi connectivity index (χ4n) is 5.34. The number of nitrogens with zero attached hydrogens (tertiary/aromatic N) is 1. The molecular weight excluding hydrogens is 572 g/mol. The Kier molecular flexibility index (Phi) is 11.9. The third-order valence-corrected chi connectivity index (χ3v) is 7.84. The van der Waals surface area contributed by atoms with Gasteiger partial charge in [-0.2, -0.15) is 0 Å². The average Bonchev–Trinajstić information content (AvgIpc) is 3.33. The quantitative estimate of drug-likeness (QED) is 0.103. The normalized spacial score (nSPS) is 37.5. The van der Waals surface area contributed by atoms with Gasteiger partial charge < -0.3 is 73.5 Å². The van der Waals surface area contributed by atoms with E-state index in [2.05, 4.69) is 26.3 Å². The van der Waals surface area contributed by atoms with E-state index in [0.717, 1.165) is 0 Å². The number of carbonyl (C=O) groups is 3. The molecule has 1 saturated carbocycles. The van der Waals surface area contributed by atoms with E-state index in [1.165, 1.54) is 0 Å². The zero-order valence-electron chi connectivity index (χ0n) is 24.4. The molecule has 246 valence electrons. The maximum atomic E-state index is 13.4. The van der Waals surface area contributed by atoms with Gasteiger partial charge in [0.25, 0.3) is 0 Å². The highest BCUT2D eigenvalue weighted by molar-refractivity contribution is 5.89. The number of urea groups is 1. The van der Waals surface area contributed by atoms with Crippen LogP contribution in [-0.2, 0) is 19.1 Å². The van der Waals surface area contributed by atoms with Gasteiger partial charge in [0.15, 0.2) is 12.2 Å². The number of aliphatic hydroxyl groups is 4. The fourth-order valence-corrected chi connectivity index (χ4v) is 5.34. The van der Waals surface area contributed by atoms with Crippen LogP contribution in [0.5, 0.6) is 0 Å². The lowest BCUT2D eigenvalue weighted by atomic mass is 9.82. The monoisotopic (exact) mass is 618 g/mol. The van der Waals surface area contributed by atoms with Crippen LogP contribution in [0, 0.1) is 5.92 Å². The number of guanidine groups is 1. The predicted molar refractivity (Wildman–Crippen MR) is 150 cm³/mol. The molecule has 0 spiro atoms. The Balaban J connectivity index is 1.70. The van der Waals surface area contributed by atoms with Gasteiger partial charge in [-0.1, -0.05) is 13.8 Å². The lowest BCUT2D eigenvalue weighted by Gasteiger charge is -2.46. The third-order valence-electron chi connectivity index (χ3n) is 7.84. The number of rotatable bonds is 11. The molecule has 13 atom stereocenters. The number of carbonyl (C=O) groups excluding carboxylic acids is 2. The number of ether oxygens (including phenoxy) is 2. The Labute approximate surface area is 248 Å². The molecule has 0 radical (unpaired) electrons. The number of aliphatic hydroxyl groups excluding tert-OH is 4. The lowest BCUT2D eigenvalue weighted by Crippen LogP contribution is -2.71. The van der Waals surface area contributed by atoms with Crippen LogP contribution in [0.1, 0.15) is 40.0 Å². The van der Waals surface area contributed by atoms with E-state index < -0.39 is 91.0 Å². The van der Waals surface area contributed by atoms with Gasteiger partial charge in [0.05, 0.1) is 30.8 Å². The van der Waals surface area contributed by atoms with Crippen molar-refractivity contribution < 1.29 is 49.4 Å². The van der Waals surface area contributed by atoms with Crippen LogP contribution >= 0.6 is 0 Å². The van der Waals surface area contributed by atoms with E-state index >= 15 is 0 Å². The van der Waals surface area contributed by atoms with Crippen molar-refractivity contribution in [1.29, 1.82) is 0 Å². The first-order chi connectivity index (χ1) is 20.1. The van der Waals surface area contributed by atoms with Crippen LogP contribution in [0.4, 0.5) is 4.79 Å². The van der Waals surface area contributed by atoms with Gasteiger partial charge in [0.2, 0.25) is 5.91 Å². The number of carboxylic acids is 1. The molecular formula is C25H46N8O10. The first-order valence-corrected chi connectivity index (χ1v) is 14.3. The zero-order chi connectivity index (χ0) is 32.2. The van der Waals surface area contributed by atoms with E-state index in [0.29, 0.717) is 6.42 Å². The van der Waals surface area contributed by atoms with Crippen molar-refractivity contribution in [3.63, 3.8) is 0 Å². The van der Waals surface area contributed by atoms with Crippen molar-refractivity contribution in [2.24, 2.45) is 28.1 Å². The molecule has 0 aromatic carbocycles. The molecule has 2 unspecified atom stereocenters. The number of hydrogen-bond acceptors (Lipinski definition) is 14. The van der Waals surface area contributed by atoms with Crippen molar-refractivity contribution in [2.75, 3.05) is 6.54 Å². The molecule has 0 aromatic heterocycles. The lowest BCUT2D eigenvalue weighted by molar-refractivity contribution is -0.282. The molecule has 2 aliphatic heterocycles. The molecule has 3 aliphatic rings. The average molecular weight is 619 g/mol. The first-order valence-electron chi connectivity index (χ1n) is 14.3. The molecule has 2 fully saturated rings. The van der Waals surface area contributed by atoms with E-state index in [-0.39, 0.29) is 37.3 Å². The fraction of sp³-hybridized carbons (Fsp3) is 0.840. The maximum Gasteiger partial charge on any atom is 0.326 e. The second-order valence-corrected chi connectivity index (χ2v) is 11.9. The first kappa shape index (κ1) is 34.6. The number of hydrogen-bond donors (Lipinski definition) is 12. The highest BCUT2D eigenvalue weighted by atomic mass is 16.7. The number of aliphatic carboxylic acids is 1. The molecule has 0 aromatic rings. The zero-order valence-corrected chi connectivity index (χ0v) is 24.4. The number of amides is 3. The molecule has 18 nitrogen and oxygen atoms in total. The summed E-state index contributed by atoms with van der Waals surface area (Å²) in [5, 5.41) is 62.8. The van der Waals surface area contributed by atoms with Crippen molar-refractivity contribution in [3.05, 3.63) is 0 Å². The number of carboxylic acid groups (broad SMARTS) is 1. The summed E-state index contributed by atoms with van der Waals surface area (Å²) in [6.45, 7) is 5.46. The maximum absolute atomic E-state index is 13.4. The summed E-state index contributed by atoms with van der Waals surface area (Å²) in [6.07, 6.45) is -9.93.